The van der Waals surface area contributed by atoms with Crippen LogP contribution in [0, 0.1) is 6.92 Å². The van der Waals surface area contributed by atoms with Gasteiger partial charge in [-0.25, -0.2) is 5.43 Å². The zero-order valence-electron chi connectivity index (χ0n) is 15.6. The summed E-state index contributed by atoms with van der Waals surface area (Å²) in [5, 5.41) is 4.09. The van der Waals surface area contributed by atoms with Gasteiger partial charge in [0.25, 0.3) is 5.91 Å². The molecule has 0 fully saturated rings. The summed E-state index contributed by atoms with van der Waals surface area (Å²) in [6.45, 7) is 1.87. The van der Waals surface area contributed by atoms with Crippen molar-refractivity contribution >= 4 is 23.4 Å². The van der Waals surface area contributed by atoms with E-state index in [4.69, 9.17) is 0 Å². The lowest BCUT2D eigenvalue weighted by molar-refractivity contribution is 0.0954. The fraction of sp³-hybridized carbons (Fsp3) is 0.0455. The van der Waals surface area contributed by atoms with E-state index in [0.29, 0.717) is 16.8 Å². The van der Waals surface area contributed by atoms with Crippen LogP contribution in [0.3, 0.4) is 0 Å². The molecule has 1 N–H and O–H groups in total. The fourth-order valence-corrected chi connectivity index (χ4v) is 3.16. The van der Waals surface area contributed by atoms with Gasteiger partial charge in [0.05, 0.1) is 17.4 Å². The van der Waals surface area contributed by atoms with Crippen LogP contribution < -0.4 is 5.43 Å². The molecule has 4 aromatic heterocycles. The molecule has 7 heteroatoms. The second-order valence-electron chi connectivity index (χ2n) is 6.34. The van der Waals surface area contributed by atoms with Gasteiger partial charge < -0.3 is 4.40 Å². The first-order valence-corrected chi connectivity index (χ1v) is 8.94. The van der Waals surface area contributed by atoms with Crippen molar-refractivity contribution in [3.8, 4) is 0 Å². The quantitative estimate of drug-likeness (QED) is 0.326. The van der Waals surface area contributed by atoms with E-state index in [1.54, 1.807) is 55.3 Å². The Labute approximate surface area is 166 Å². The number of hydrogen-bond donors (Lipinski definition) is 1. The van der Waals surface area contributed by atoms with Gasteiger partial charge >= 0.3 is 0 Å². The lowest BCUT2D eigenvalue weighted by Crippen LogP contribution is -2.17. The van der Waals surface area contributed by atoms with Crippen molar-refractivity contribution < 1.29 is 9.59 Å². The maximum Gasteiger partial charge on any atom is 0.271 e. The molecule has 0 unspecified atom stereocenters. The minimum Gasteiger partial charge on any atom is -0.313 e. The maximum atomic E-state index is 13.1. The first-order valence-electron chi connectivity index (χ1n) is 8.94. The molecule has 0 saturated carbocycles. The van der Waals surface area contributed by atoms with E-state index in [2.05, 4.69) is 20.5 Å². The standard InChI is InChI=1S/C22H17N5O2/c1-15-18(14-25-26-22(29)17-7-11-24-12-8-17)19-4-2-3-13-27(19)20(15)21(28)16-5-9-23-10-6-16/h2-14H,1H3,(H,26,29)/b25-14+. The van der Waals surface area contributed by atoms with Crippen LogP contribution in [-0.2, 0) is 0 Å². The highest BCUT2D eigenvalue weighted by Gasteiger charge is 2.20. The molecule has 4 rings (SSSR count). The number of carbonyl (C=O) groups is 2. The summed E-state index contributed by atoms with van der Waals surface area (Å²) in [6, 6.07) is 12.2. The van der Waals surface area contributed by atoms with Gasteiger partial charge in [0.2, 0.25) is 5.78 Å². The topological polar surface area (TPSA) is 88.7 Å². The van der Waals surface area contributed by atoms with E-state index in [-0.39, 0.29) is 11.7 Å². The van der Waals surface area contributed by atoms with Gasteiger partial charge in [0, 0.05) is 47.7 Å². The molecular weight excluding hydrogens is 366 g/mol. The molecule has 0 radical (unpaired) electrons. The van der Waals surface area contributed by atoms with E-state index in [1.807, 2.05) is 35.7 Å². The van der Waals surface area contributed by atoms with Crippen molar-refractivity contribution in [1.82, 2.24) is 19.8 Å². The molecule has 0 aliphatic rings. The zero-order chi connectivity index (χ0) is 20.2. The SMILES string of the molecule is Cc1c(/C=N/NC(=O)c2ccncc2)c2ccccn2c1C(=O)c1ccncc1. The van der Waals surface area contributed by atoms with E-state index < -0.39 is 0 Å². The molecular formula is C22H17N5O2. The first kappa shape index (κ1) is 18.2. The lowest BCUT2D eigenvalue weighted by Gasteiger charge is -2.03. The van der Waals surface area contributed by atoms with Gasteiger partial charge in [-0.1, -0.05) is 6.07 Å². The third-order valence-corrected chi connectivity index (χ3v) is 4.60. The third kappa shape index (κ3) is 3.53. The van der Waals surface area contributed by atoms with Crippen molar-refractivity contribution in [2.45, 2.75) is 6.92 Å². The van der Waals surface area contributed by atoms with Crippen molar-refractivity contribution in [3.05, 3.63) is 101 Å². The number of amides is 1. The predicted octanol–water partition coefficient (Wildman–Crippen LogP) is 3.03. The summed E-state index contributed by atoms with van der Waals surface area (Å²) in [5.41, 5.74) is 6.44. The molecule has 4 heterocycles. The van der Waals surface area contributed by atoms with Crippen LogP contribution in [0.25, 0.3) is 5.52 Å². The Bertz CT molecular complexity index is 1210. The van der Waals surface area contributed by atoms with E-state index in [9.17, 15) is 9.59 Å². The van der Waals surface area contributed by atoms with Crippen molar-refractivity contribution in [3.63, 3.8) is 0 Å². The van der Waals surface area contributed by atoms with Gasteiger partial charge in [-0.2, -0.15) is 5.10 Å². The molecule has 7 nitrogen and oxygen atoms in total. The number of fused-ring (bicyclic) bond motifs is 1. The molecule has 0 atom stereocenters. The van der Waals surface area contributed by atoms with Crippen LogP contribution in [-0.4, -0.2) is 32.3 Å². The average molecular weight is 383 g/mol. The molecule has 4 aromatic rings. The smallest absolute Gasteiger partial charge is 0.271 e. The number of hydrogen-bond acceptors (Lipinski definition) is 5. The molecule has 29 heavy (non-hydrogen) atoms. The zero-order valence-corrected chi connectivity index (χ0v) is 15.6. The Morgan fingerprint density at radius 3 is 2.31 bits per heavy atom. The monoisotopic (exact) mass is 383 g/mol. The second-order valence-corrected chi connectivity index (χ2v) is 6.34. The van der Waals surface area contributed by atoms with E-state index >= 15 is 0 Å². The number of nitrogens with zero attached hydrogens (tertiary/aromatic N) is 4. The van der Waals surface area contributed by atoms with Crippen LogP contribution in [0.1, 0.15) is 37.5 Å². The third-order valence-electron chi connectivity index (χ3n) is 4.60. The summed E-state index contributed by atoms with van der Waals surface area (Å²) in [5.74, 6) is -0.440. The van der Waals surface area contributed by atoms with Crippen molar-refractivity contribution in [1.29, 1.82) is 0 Å². The Kier molecular flexibility index (Phi) is 4.94. The summed E-state index contributed by atoms with van der Waals surface area (Å²) in [4.78, 5) is 33.1. The first-order chi connectivity index (χ1) is 14.2. The van der Waals surface area contributed by atoms with Gasteiger partial charge in [-0.3, -0.25) is 19.6 Å². The Balaban J connectivity index is 1.69. The molecule has 0 aliphatic carbocycles. The number of rotatable bonds is 5. The fourth-order valence-electron chi connectivity index (χ4n) is 3.16. The molecule has 0 aliphatic heterocycles. The highest BCUT2D eigenvalue weighted by molar-refractivity contribution is 6.12. The van der Waals surface area contributed by atoms with Gasteiger partial charge in [0.1, 0.15) is 0 Å². The summed E-state index contributed by atoms with van der Waals surface area (Å²) in [7, 11) is 0. The largest absolute Gasteiger partial charge is 0.313 e. The minimum absolute atomic E-state index is 0.105. The average Bonchev–Trinajstić information content (AvgIpc) is 3.06. The number of hydrazone groups is 1. The van der Waals surface area contributed by atoms with E-state index in [1.165, 1.54) is 0 Å². The number of pyridine rings is 3. The second kappa shape index (κ2) is 7.85. The Morgan fingerprint density at radius 2 is 1.62 bits per heavy atom. The summed E-state index contributed by atoms with van der Waals surface area (Å²) < 4.78 is 1.84. The maximum absolute atomic E-state index is 13.1. The Hall–Kier alpha value is -4.13. The highest BCUT2D eigenvalue weighted by Crippen LogP contribution is 2.24. The minimum atomic E-state index is -0.335. The lowest BCUT2D eigenvalue weighted by atomic mass is 10.1. The highest BCUT2D eigenvalue weighted by atomic mass is 16.2. The molecule has 1 amide bonds. The molecule has 0 bridgehead atoms. The molecule has 0 spiro atoms. The molecule has 0 saturated heterocycles. The summed E-state index contributed by atoms with van der Waals surface area (Å²) >= 11 is 0. The molecule has 142 valence electrons. The van der Waals surface area contributed by atoms with Gasteiger partial charge in [-0.05, 0) is 48.9 Å². The van der Waals surface area contributed by atoms with Crippen LogP contribution in [0.5, 0.6) is 0 Å². The van der Waals surface area contributed by atoms with Crippen LogP contribution in [0.4, 0.5) is 0 Å². The number of nitrogens with one attached hydrogen (secondary N) is 1. The van der Waals surface area contributed by atoms with Crippen LogP contribution >= 0.6 is 0 Å². The number of ketones is 1. The summed E-state index contributed by atoms with van der Waals surface area (Å²) in [6.07, 6.45) is 9.67. The number of aromatic nitrogens is 3. The Morgan fingerprint density at radius 1 is 0.966 bits per heavy atom. The number of carbonyl (C=O) groups excluding carboxylic acids is 2. The molecule has 0 aromatic carbocycles. The predicted molar refractivity (Wildman–Crippen MR) is 109 cm³/mol. The van der Waals surface area contributed by atoms with Gasteiger partial charge in [-0.15, -0.1) is 0 Å². The van der Waals surface area contributed by atoms with Crippen LogP contribution in [0.2, 0.25) is 0 Å². The van der Waals surface area contributed by atoms with Gasteiger partial charge in [0.15, 0.2) is 0 Å². The van der Waals surface area contributed by atoms with Crippen molar-refractivity contribution in [2.24, 2.45) is 5.10 Å². The van der Waals surface area contributed by atoms with E-state index in [0.717, 1.165) is 16.6 Å². The van der Waals surface area contributed by atoms with Crippen LogP contribution in [0.15, 0.2) is 78.6 Å². The van der Waals surface area contributed by atoms with Crippen molar-refractivity contribution in [2.75, 3.05) is 0 Å². The normalized spacial score (nSPS) is 11.1.